The van der Waals surface area contributed by atoms with Crippen molar-refractivity contribution in [3.8, 4) is 6.07 Å². The van der Waals surface area contributed by atoms with E-state index in [1.807, 2.05) is 52.0 Å². The molecule has 134 valence electrons. The highest BCUT2D eigenvalue weighted by molar-refractivity contribution is 6.23. The van der Waals surface area contributed by atoms with Crippen molar-refractivity contribution < 1.29 is 19.1 Å². The maximum atomic E-state index is 13.2. The molecule has 1 aromatic rings. The smallest absolute Gasteiger partial charge is 0.282 e. The standard InChI is InChI=1S/C19H24N2O4/c1-12-8-7-9-13(2)15(12)16-17(24-11-10-20)19(4,5)21(18(16)22)25-14(3)23-6/h7-9,14H,11H2,1-6H3. The molecule has 0 fully saturated rings. The number of ether oxygens (including phenoxy) is 2. The van der Waals surface area contributed by atoms with E-state index in [4.69, 9.17) is 19.6 Å². The van der Waals surface area contributed by atoms with Gasteiger partial charge in [-0.15, -0.1) is 0 Å². The lowest BCUT2D eigenvalue weighted by Crippen LogP contribution is -2.46. The van der Waals surface area contributed by atoms with Crippen LogP contribution in [0.5, 0.6) is 0 Å². The summed E-state index contributed by atoms with van der Waals surface area (Å²) in [7, 11) is 1.51. The predicted molar refractivity (Wildman–Crippen MR) is 92.9 cm³/mol. The molecule has 0 saturated carbocycles. The monoisotopic (exact) mass is 344 g/mol. The number of benzene rings is 1. The molecule has 1 aliphatic rings. The van der Waals surface area contributed by atoms with Crippen molar-refractivity contribution >= 4 is 11.5 Å². The summed E-state index contributed by atoms with van der Waals surface area (Å²) in [5.41, 5.74) is 2.28. The van der Waals surface area contributed by atoms with Crippen molar-refractivity contribution in [1.29, 1.82) is 5.26 Å². The van der Waals surface area contributed by atoms with Crippen molar-refractivity contribution in [2.45, 2.75) is 46.4 Å². The average molecular weight is 344 g/mol. The Labute approximate surface area is 148 Å². The topological polar surface area (TPSA) is 71.8 Å². The number of hydrogen-bond donors (Lipinski definition) is 0. The minimum Gasteiger partial charge on any atom is -0.480 e. The van der Waals surface area contributed by atoms with E-state index in [-0.39, 0.29) is 12.5 Å². The van der Waals surface area contributed by atoms with Crippen LogP contribution in [0, 0.1) is 25.2 Å². The Hall–Kier alpha value is -2.36. The molecule has 2 rings (SSSR count). The summed E-state index contributed by atoms with van der Waals surface area (Å²) >= 11 is 0. The van der Waals surface area contributed by atoms with Crippen LogP contribution in [0.2, 0.25) is 0 Å². The van der Waals surface area contributed by atoms with E-state index >= 15 is 0 Å². The highest BCUT2D eigenvalue weighted by atomic mass is 16.8. The van der Waals surface area contributed by atoms with Crippen LogP contribution in [0.4, 0.5) is 0 Å². The fourth-order valence-corrected chi connectivity index (χ4v) is 3.00. The van der Waals surface area contributed by atoms with Crippen LogP contribution in [0.1, 0.15) is 37.5 Å². The molecular weight excluding hydrogens is 320 g/mol. The molecular formula is C19H24N2O4. The first-order valence-corrected chi connectivity index (χ1v) is 8.10. The van der Waals surface area contributed by atoms with Crippen molar-refractivity contribution in [3.05, 3.63) is 40.6 Å². The lowest BCUT2D eigenvalue weighted by Gasteiger charge is -2.33. The molecule has 1 aromatic carbocycles. The van der Waals surface area contributed by atoms with Crippen LogP contribution < -0.4 is 0 Å². The number of nitrogens with zero attached hydrogens (tertiary/aromatic N) is 2. The maximum Gasteiger partial charge on any atom is 0.282 e. The molecule has 1 amide bonds. The fourth-order valence-electron chi connectivity index (χ4n) is 3.00. The summed E-state index contributed by atoms with van der Waals surface area (Å²) in [6.45, 7) is 9.09. The highest BCUT2D eigenvalue weighted by Gasteiger charge is 2.50. The van der Waals surface area contributed by atoms with Gasteiger partial charge in [0, 0.05) is 7.11 Å². The normalized spacial score (nSPS) is 17.6. The number of methoxy groups -OCH3 is 1. The van der Waals surface area contributed by atoms with Crippen LogP contribution in [0.3, 0.4) is 0 Å². The molecule has 0 spiro atoms. The molecule has 25 heavy (non-hydrogen) atoms. The molecule has 1 heterocycles. The summed E-state index contributed by atoms with van der Waals surface area (Å²) < 4.78 is 10.8. The molecule has 1 unspecified atom stereocenters. The van der Waals surface area contributed by atoms with Crippen LogP contribution in [-0.4, -0.2) is 36.5 Å². The molecule has 0 saturated heterocycles. The van der Waals surface area contributed by atoms with Crippen LogP contribution in [-0.2, 0) is 19.1 Å². The molecule has 0 bridgehead atoms. The Morgan fingerprint density at radius 3 is 2.40 bits per heavy atom. The summed E-state index contributed by atoms with van der Waals surface area (Å²) in [5.74, 6) is 0.124. The SMILES string of the molecule is COC(C)ON1C(=O)C(c2c(C)cccc2C)=C(OCC#N)C1(C)C. The summed E-state index contributed by atoms with van der Waals surface area (Å²) in [6, 6.07) is 7.79. The number of nitriles is 1. The van der Waals surface area contributed by atoms with E-state index in [1.54, 1.807) is 6.92 Å². The summed E-state index contributed by atoms with van der Waals surface area (Å²) in [5, 5.41) is 10.2. The molecule has 0 aliphatic carbocycles. The Morgan fingerprint density at radius 1 is 1.28 bits per heavy atom. The first-order chi connectivity index (χ1) is 11.8. The number of carbonyl (C=O) groups is 1. The molecule has 6 nitrogen and oxygen atoms in total. The third-order valence-corrected chi connectivity index (χ3v) is 4.29. The lowest BCUT2D eigenvalue weighted by atomic mass is 9.93. The van der Waals surface area contributed by atoms with Crippen molar-refractivity contribution in [3.63, 3.8) is 0 Å². The lowest BCUT2D eigenvalue weighted by molar-refractivity contribution is -0.276. The molecule has 1 aliphatic heterocycles. The van der Waals surface area contributed by atoms with Gasteiger partial charge in [-0.3, -0.25) is 4.79 Å². The largest absolute Gasteiger partial charge is 0.480 e. The zero-order valence-corrected chi connectivity index (χ0v) is 15.5. The van der Waals surface area contributed by atoms with E-state index < -0.39 is 11.8 Å². The highest BCUT2D eigenvalue weighted by Crippen LogP contribution is 2.42. The number of amides is 1. The van der Waals surface area contributed by atoms with E-state index in [0.717, 1.165) is 16.7 Å². The molecule has 1 atom stereocenters. The molecule has 6 heteroatoms. The summed E-state index contributed by atoms with van der Waals surface area (Å²) in [4.78, 5) is 18.9. The van der Waals surface area contributed by atoms with Gasteiger partial charge in [-0.2, -0.15) is 5.26 Å². The van der Waals surface area contributed by atoms with Gasteiger partial charge in [0.1, 0.15) is 17.4 Å². The zero-order valence-electron chi connectivity index (χ0n) is 15.5. The van der Waals surface area contributed by atoms with Crippen LogP contribution in [0.15, 0.2) is 24.0 Å². The number of rotatable bonds is 6. The molecule has 0 N–H and O–H groups in total. The Kier molecular flexibility index (Phi) is 5.51. The first kappa shape index (κ1) is 19.0. The Balaban J connectivity index is 2.62. The van der Waals surface area contributed by atoms with Gasteiger partial charge in [0.25, 0.3) is 5.91 Å². The maximum absolute atomic E-state index is 13.2. The second-order valence-corrected chi connectivity index (χ2v) is 6.49. The van der Waals surface area contributed by atoms with Gasteiger partial charge in [-0.05, 0) is 51.3 Å². The Bertz CT molecular complexity index is 726. The van der Waals surface area contributed by atoms with Gasteiger partial charge in [0.05, 0.1) is 5.57 Å². The van der Waals surface area contributed by atoms with E-state index in [0.29, 0.717) is 11.3 Å². The van der Waals surface area contributed by atoms with Crippen molar-refractivity contribution in [2.24, 2.45) is 0 Å². The first-order valence-electron chi connectivity index (χ1n) is 8.10. The number of hydrogen-bond acceptors (Lipinski definition) is 5. The van der Waals surface area contributed by atoms with Gasteiger partial charge in [-0.1, -0.05) is 18.2 Å². The van der Waals surface area contributed by atoms with Gasteiger partial charge in [0.15, 0.2) is 12.9 Å². The van der Waals surface area contributed by atoms with Gasteiger partial charge in [0.2, 0.25) is 0 Å². The van der Waals surface area contributed by atoms with E-state index in [1.165, 1.54) is 12.2 Å². The third-order valence-electron chi connectivity index (χ3n) is 4.29. The molecule has 0 radical (unpaired) electrons. The number of aryl methyl sites for hydroxylation is 2. The number of carbonyl (C=O) groups excluding carboxylic acids is 1. The molecule has 0 aromatic heterocycles. The van der Waals surface area contributed by atoms with E-state index in [2.05, 4.69) is 0 Å². The minimum atomic E-state index is -0.870. The quantitative estimate of drug-likeness (QED) is 0.742. The van der Waals surface area contributed by atoms with Gasteiger partial charge >= 0.3 is 0 Å². The van der Waals surface area contributed by atoms with Gasteiger partial charge in [-0.25, -0.2) is 9.90 Å². The van der Waals surface area contributed by atoms with Crippen molar-refractivity contribution in [1.82, 2.24) is 5.06 Å². The second kappa shape index (κ2) is 7.26. The minimum absolute atomic E-state index is 0.145. The second-order valence-electron chi connectivity index (χ2n) is 6.49. The fraction of sp³-hybridized carbons (Fsp3) is 0.474. The predicted octanol–water partition coefficient (Wildman–Crippen LogP) is 3.10. The zero-order chi connectivity index (χ0) is 18.8. The third kappa shape index (κ3) is 3.39. The average Bonchev–Trinajstić information content (AvgIpc) is 2.73. The van der Waals surface area contributed by atoms with Crippen LogP contribution >= 0.6 is 0 Å². The van der Waals surface area contributed by atoms with Crippen molar-refractivity contribution in [2.75, 3.05) is 13.7 Å². The van der Waals surface area contributed by atoms with E-state index in [9.17, 15) is 4.79 Å². The summed E-state index contributed by atoms with van der Waals surface area (Å²) in [6.07, 6.45) is -0.599. The van der Waals surface area contributed by atoms with Gasteiger partial charge < -0.3 is 9.47 Å². The van der Waals surface area contributed by atoms with Crippen LogP contribution in [0.25, 0.3) is 5.57 Å². The Morgan fingerprint density at radius 2 is 1.88 bits per heavy atom. The number of hydroxylamine groups is 2.